The standard InChI is InChI=1S/C13H13N5O2/c1-6(2)12-15-11(14)9-10(17-18-13(9)16-12)8-3-7(4-19)5-20-8/h3-6H,1-2H3,(H3,14,15,16,17,18). The SMILES string of the molecule is CC(C)c1nc(N)c2c(-c3cc(C=O)co3)[nH]nc2n1. The summed E-state index contributed by atoms with van der Waals surface area (Å²) in [5.74, 6) is 1.61. The molecule has 0 saturated heterocycles. The van der Waals surface area contributed by atoms with E-state index in [1.807, 2.05) is 13.8 Å². The van der Waals surface area contributed by atoms with Crippen molar-refractivity contribution in [1.82, 2.24) is 20.2 Å². The first-order chi connectivity index (χ1) is 9.60. The van der Waals surface area contributed by atoms with E-state index in [4.69, 9.17) is 10.2 Å². The van der Waals surface area contributed by atoms with Crippen LogP contribution in [0.1, 0.15) is 35.9 Å². The highest BCUT2D eigenvalue weighted by molar-refractivity contribution is 5.97. The number of nitrogen functional groups attached to an aromatic ring is 1. The molecule has 0 aliphatic rings. The summed E-state index contributed by atoms with van der Waals surface area (Å²) in [6.07, 6.45) is 2.08. The van der Waals surface area contributed by atoms with Crippen molar-refractivity contribution in [3.63, 3.8) is 0 Å². The Morgan fingerprint density at radius 3 is 2.85 bits per heavy atom. The van der Waals surface area contributed by atoms with E-state index in [1.54, 1.807) is 6.07 Å². The zero-order valence-corrected chi connectivity index (χ0v) is 11.0. The summed E-state index contributed by atoms with van der Waals surface area (Å²) >= 11 is 0. The highest BCUT2D eigenvalue weighted by atomic mass is 16.3. The third-order valence-corrected chi connectivity index (χ3v) is 2.98. The summed E-state index contributed by atoms with van der Waals surface area (Å²) in [4.78, 5) is 19.3. The van der Waals surface area contributed by atoms with Crippen LogP contribution in [0, 0.1) is 0 Å². The van der Waals surface area contributed by atoms with Crippen LogP contribution in [0.25, 0.3) is 22.5 Å². The second-order valence-electron chi connectivity index (χ2n) is 4.78. The van der Waals surface area contributed by atoms with Gasteiger partial charge in [-0.1, -0.05) is 13.8 Å². The number of nitrogens with zero attached hydrogens (tertiary/aromatic N) is 3. The first-order valence-electron chi connectivity index (χ1n) is 6.15. The zero-order chi connectivity index (χ0) is 14.3. The molecule has 3 aromatic rings. The van der Waals surface area contributed by atoms with Crippen molar-refractivity contribution >= 4 is 23.1 Å². The third kappa shape index (κ3) is 1.83. The Morgan fingerprint density at radius 2 is 2.20 bits per heavy atom. The average molecular weight is 271 g/mol. The Kier molecular flexibility index (Phi) is 2.74. The molecule has 20 heavy (non-hydrogen) atoms. The molecule has 7 nitrogen and oxygen atoms in total. The highest BCUT2D eigenvalue weighted by Gasteiger charge is 2.18. The lowest BCUT2D eigenvalue weighted by Gasteiger charge is -2.04. The van der Waals surface area contributed by atoms with Gasteiger partial charge in [0.15, 0.2) is 17.7 Å². The fourth-order valence-corrected chi connectivity index (χ4v) is 1.95. The molecule has 0 bridgehead atoms. The summed E-state index contributed by atoms with van der Waals surface area (Å²) in [7, 11) is 0. The molecule has 102 valence electrons. The van der Waals surface area contributed by atoms with Crippen LogP contribution in [0.2, 0.25) is 0 Å². The fourth-order valence-electron chi connectivity index (χ4n) is 1.95. The van der Waals surface area contributed by atoms with Gasteiger partial charge in [-0.15, -0.1) is 0 Å². The van der Waals surface area contributed by atoms with Gasteiger partial charge < -0.3 is 10.2 Å². The molecular formula is C13H13N5O2. The summed E-state index contributed by atoms with van der Waals surface area (Å²) < 4.78 is 5.33. The molecule has 0 atom stereocenters. The van der Waals surface area contributed by atoms with Gasteiger partial charge in [-0.05, 0) is 6.07 Å². The molecule has 0 aromatic carbocycles. The van der Waals surface area contributed by atoms with Crippen molar-refractivity contribution in [1.29, 1.82) is 0 Å². The molecule has 3 N–H and O–H groups in total. The first-order valence-corrected chi connectivity index (χ1v) is 6.15. The quantitative estimate of drug-likeness (QED) is 0.706. The van der Waals surface area contributed by atoms with Gasteiger partial charge in [0.2, 0.25) is 0 Å². The molecule has 0 unspecified atom stereocenters. The number of hydrogen-bond acceptors (Lipinski definition) is 6. The minimum absolute atomic E-state index is 0.159. The number of anilines is 1. The number of furan rings is 1. The monoisotopic (exact) mass is 271 g/mol. The summed E-state index contributed by atoms with van der Waals surface area (Å²) in [5.41, 5.74) is 7.50. The normalized spacial score (nSPS) is 11.3. The van der Waals surface area contributed by atoms with Crippen molar-refractivity contribution in [2.45, 2.75) is 19.8 Å². The summed E-state index contributed by atoms with van der Waals surface area (Å²) in [6, 6.07) is 1.61. The lowest BCUT2D eigenvalue weighted by atomic mass is 10.2. The molecule has 0 saturated carbocycles. The van der Waals surface area contributed by atoms with Crippen LogP contribution in [0.5, 0.6) is 0 Å². The van der Waals surface area contributed by atoms with E-state index in [2.05, 4.69) is 20.2 Å². The number of aldehydes is 1. The van der Waals surface area contributed by atoms with Crippen molar-refractivity contribution in [3.05, 3.63) is 23.7 Å². The van der Waals surface area contributed by atoms with E-state index < -0.39 is 0 Å². The molecule has 0 radical (unpaired) electrons. The number of aromatic amines is 1. The van der Waals surface area contributed by atoms with Crippen LogP contribution < -0.4 is 5.73 Å². The number of H-pyrrole nitrogens is 1. The van der Waals surface area contributed by atoms with Gasteiger partial charge in [0.05, 0.1) is 10.9 Å². The molecule has 0 aliphatic carbocycles. The van der Waals surface area contributed by atoms with Crippen molar-refractivity contribution in [2.75, 3.05) is 5.73 Å². The number of rotatable bonds is 3. The topological polar surface area (TPSA) is 111 Å². The van der Waals surface area contributed by atoms with E-state index in [0.29, 0.717) is 46.0 Å². The van der Waals surface area contributed by atoms with Crippen LogP contribution in [0.15, 0.2) is 16.7 Å². The van der Waals surface area contributed by atoms with E-state index in [-0.39, 0.29) is 5.92 Å². The lowest BCUT2D eigenvalue weighted by molar-refractivity contribution is 0.112. The van der Waals surface area contributed by atoms with Crippen molar-refractivity contribution < 1.29 is 9.21 Å². The zero-order valence-electron chi connectivity index (χ0n) is 11.0. The van der Waals surface area contributed by atoms with Crippen LogP contribution in [0.4, 0.5) is 5.82 Å². The van der Waals surface area contributed by atoms with E-state index in [9.17, 15) is 4.79 Å². The van der Waals surface area contributed by atoms with Crippen LogP contribution in [-0.4, -0.2) is 26.5 Å². The Bertz CT molecular complexity index is 787. The maximum absolute atomic E-state index is 10.7. The van der Waals surface area contributed by atoms with Gasteiger partial charge in [0, 0.05) is 5.92 Å². The predicted molar refractivity (Wildman–Crippen MR) is 73.3 cm³/mol. The van der Waals surface area contributed by atoms with Gasteiger partial charge in [0.25, 0.3) is 0 Å². The smallest absolute Gasteiger partial charge is 0.187 e. The second-order valence-corrected chi connectivity index (χ2v) is 4.78. The van der Waals surface area contributed by atoms with Gasteiger partial charge in [-0.2, -0.15) is 5.10 Å². The van der Waals surface area contributed by atoms with E-state index in [1.165, 1.54) is 6.26 Å². The number of carbonyl (C=O) groups is 1. The third-order valence-electron chi connectivity index (χ3n) is 2.98. The van der Waals surface area contributed by atoms with Crippen LogP contribution >= 0.6 is 0 Å². The molecule has 0 amide bonds. The van der Waals surface area contributed by atoms with Gasteiger partial charge in [0.1, 0.15) is 23.6 Å². The molecule has 3 rings (SSSR count). The Hall–Kier alpha value is -2.70. The van der Waals surface area contributed by atoms with Gasteiger partial charge in [-0.3, -0.25) is 9.89 Å². The fraction of sp³-hybridized carbons (Fsp3) is 0.231. The first kappa shape index (κ1) is 12.3. The second kappa shape index (κ2) is 4.44. The van der Waals surface area contributed by atoms with E-state index >= 15 is 0 Å². The number of hydrogen-bond donors (Lipinski definition) is 2. The number of nitrogens with two attached hydrogens (primary N) is 1. The van der Waals surface area contributed by atoms with Crippen LogP contribution in [0.3, 0.4) is 0 Å². The minimum atomic E-state index is 0.159. The largest absolute Gasteiger partial charge is 0.462 e. The van der Waals surface area contributed by atoms with Gasteiger partial charge in [-0.25, -0.2) is 9.97 Å². The Balaban J connectivity index is 2.20. The van der Waals surface area contributed by atoms with Crippen LogP contribution in [-0.2, 0) is 0 Å². The molecule has 0 aliphatic heterocycles. The molecule has 3 aromatic heterocycles. The Labute approximate surface area is 114 Å². The predicted octanol–water partition coefficient (Wildman–Crippen LogP) is 2.13. The summed E-state index contributed by atoms with van der Waals surface area (Å²) in [6.45, 7) is 3.97. The molecule has 7 heteroatoms. The van der Waals surface area contributed by atoms with Crippen molar-refractivity contribution in [2.24, 2.45) is 0 Å². The molecule has 0 spiro atoms. The minimum Gasteiger partial charge on any atom is -0.462 e. The maximum atomic E-state index is 10.7. The highest BCUT2D eigenvalue weighted by Crippen LogP contribution is 2.30. The number of carbonyl (C=O) groups excluding carboxylic acids is 1. The summed E-state index contributed by atoms with van der Waals surface area (Å²) in [5, 5.41) is 7.56. The maximum Gasteiger partial charge on any atom is 0.187 e. The number of aromatic nitrogens is 4. The molecule has 3 heterocycles. The Morgan fingerprint density at radius 1 is 1.40 bits per heavy atom. The van der Waals surface area contributed by atoms with Gasteiger partial charge >= 0.3 is 0 Å². The van der Waals surface area contributed by atoms with Crippen molar-refractivity contribution in [3.8, 4) is 11.5 Å². The van der Waals surface area contributed by atoms with E-state index in [0.717, 1.165) is 0 Å². The number of fused-ring (bicyclic) bond motifs is 1. The molecule has 0 fully saturated rings. The number of nitrogens with one attached hydrogen (secondary N) is 1. The average Bonchev–Trinajstić information content (AvgIpc) is 3.04. The lowest BCUT2D eigenvalue weighted by Crippen LogP contribution is -2.02. The molecular weight excluding hydrogens is 258 g/mol.